The van der Waals surface area contributed by atoms with Crippen molar-refractivity contribution in [2.45, 2.75) is 354 Å². The molecule has 6 heteroatoms. The average Bonchev–Trinajstić information content (AvgIpc) is 3.44. The summed E-state index contributed by atoms with van der Waals surface area (Å²) >= 11 is 0. The van der Waals surface area contributed by atoms with E-state index in [1.54, 1.807) is 0 Å². The lowest BCUT2D eigenvalue weighted by atomic mass is 10.0. The van der Waals surface area contributed by atoms with Crippen molar-refractivity contribution in [2.75, 3.05) is 13.2 Å². The first-order valence-corrected chi connectivity index (χ1v) is 33.9. The molecule has 0 aliphatic heterocycles. The summed E-state index contributed by atoms with van der Waals surface area (Å²) in [7, 11) is 0. The monoisotopic (exact) mass is 1090 g/mol. The molecule has 0 aromatic carbocycles. The second kappa shape index (κ2) is 66.4. The number of carbonyl (C=O) groups is 3. The Balaban J connectivity index is 4.29. The molecule has 0 aromatic heterocycles. The third kappa shape index (κ3) is 63.7. The fourth-order valence-electron chi connectivity index (χ4n) is 9.90. The van der Waals surface area contributed by atoms with Gasteiger partial charge in [-0.25, -0.2) is 0 Å². The van der Waals surface area contributed by atoms with E-state index in [4.69, 9.17) is 14.2 Å². The van der Waals surface area contributed by atoms with Crippen molar-refractivity contribution in [3.8, 4) is 0 Å². The summed E-state index contributed by atoms with van der Waals surface area (Å²) in [5.41, 5.74) is 0. The summed E-state index contributed by atoms with van der Waals surface area (Å²) in [6.07, 6.45) is 86.6. The Labute approximate surface area is 484 Å². The van der Waals surface area contributed by atoms with E-state index in [9.17, 15) is 14.4 Å². The van der Waals surface area contributed by atoms with Crippen LogP contribution >= 0.6 is 0 Å². The molecule has 0 radical (unpaired) electrons. The molecule has 0 amide bonds. The van der Waals surface area contributed by atoms with Crippen molar-refractivity contribution in [2.24, 2.45) is 0 Å². The number of allylic oxidation sites excluding steroid dienone is 12. The predicted octanol–water partition coefficient (Wildman–Crippen LogP) is 23.3. The van der Waals surface area contributed by atoms with E-state index in [0.29, 0.717) is 19.3 Å². The van der Waals surface area contributed by atoms with Crippen LogP contribution in [0.25, 0.3) is 0 Å². The Kier molecular flexibility index (Phi) is 63.7. The fourth-order valence-corrected chi connectivity index (χ4v) is 9.90. The molecule has 6 nitrogen and oxygen atoms in total. The molecule has 452 valence electrons. The van der Waals surface area contributed by atoms with Crippen molar-refractivity contribution in [1.29, 1.82) is 0 Å². The number of ether oxygens (including phenoxy) is 3. The minimum Gasteiger partial charge on any atom is -0.462 e. The second-order valence-electron chi connectivity index (χ2n) is 22.7. The van der Waals surface area contributed by atoms with Gasteiger partial charge in [-0.05, 0) is 77.0 Å². The Bertz CT molecular complexity index is 1440. The number of hydrogen-bond acceptors (Lipinski definition) is 6. The van der Waals surface area contributed by atoms with E-state index in [0.717, 1.165) is 70.6 Å². The van der Waals surface area contributed by atoms with Crippen LogP contribution < -0.4 is 0 Å². The van der Waals surface area contributed by atoms with Gasteiger partial charge in [-0.3, -0.25) is 14.4 Å². The van der Waals surface area contributed by atoms with Crippen LogP contribution in [0.1, 0.15) is 348 Å². The van der Waals surface area contributed by atoms with E-state index in [1.165, 1.54) is 231 Å². The molecule has 1 atom stereocenters. The van der Waals surface area contributed by atoms with Crippen LogP contribution in [0.3, 0.4) is 0 Å². The van der Waals surface area contributed by atoms with Gasteiger partial charge in [-0.15, -0.1) is 0 Å². The standard InChI is InChI=1S/C72H128O6/c1-4-7-10-13-16-19-22-25-27-29-31-33-35-36-37-39-40-42-44-47-50-53-56-59-62-65-71(74)77-68-69(67-76-70(73)64-61-58-55-52-49-46-24-21-18-15-12-9-6-3)78-72(75)66-63-60-57-54-51-48-45-43-41-38-34-32-30-28-26-23-20-17-14-11-8-5-2/h9,12,18,21-22,25,29,31,46,49,55,58,69H,4-8,10-11,13-17,19-20,23-24,26-28,30,32-45,47-48,50-54,56-57,59-68H2,1-3H3/b12-9-,21-18-,25-22-,31-29-,49-46-,58-55-. The van der Waals surface area contributed by atoms with Crippen molar-refractivity contribution in [3.63, 3.8) is 0 Å². The van der Waals surface area contributed by atoms with Crippen LogP contribution in [0.4, 0.5) is 0 Å². The quantitative estimate of drug-likeness (QED) is 0.0261. The van der Waals surface area contributed by atoms with Gasteiger partial charge in [0.2, 0.25) is 0 Å². The first-order chi connectivity index (χ1) is 38.5. The number of unbranched alkanes of at least 4 members (excludes halogenated alkanes) is 39. The van der Waals surface area contributed by atoms with Crippen LogP contribution in [0.5, 0.6) is 0 Å². The Hall–Kier alpha value is -3.15. The van der Waals surface area contributed by atoms with Crippen molar-refractivity contribution < 1.29 is 28.6 Å². The molecule has 0 bridgehead atoms. The van der Waals surface area contributed by atoms with Crippen LogP contribution in [0.2, 0.25) is 0 Å². The van der Waals surface area contributed by atoms with Crippen molar-refractivity contribution >= 4 is 17.9 Å². The van der Waals surface area contributed by atoms with Gasteiger partial charge >= 0.3 is 17.9 Å². The molecule has 0 spiro atoms. The highest BCUT2D eigenvalue weighted by atomic mass is 16.6. The topological polar surface area (TPSA) is 78.9 Å². The molecule has 0 rings (SSSR count). The van der Waals surface area contributed by atoms with E-state index >= 15 is 0 Å². The maximum absolute atomic E-state index is 12.9. The van der Waals surface area contributed by atoms with Crippen LogP contribution in [0, 0.1) is 0 Å². The summed E-state index contributed by atoms with van der Waals surface area (Å²) in [5.74, 6) is -0.961. The normalized spacial score (nSPS) is 12.5. The molecule has 78 heavy (non-hydrogen) atoms. The highest BCUT2D eigenvalue weighted by molar-refractivity contribution is 5.71. The van der Waals surface area contributed by atoms with Gasteiger partial charge in [0.05, 0.1) is 0 Å². The van der Waals surface area contributed by atoms with Crippen LogP contribution in [-0.2, 0) is 28.6 Å². The van der Waals surface area contributed by atoms with Gasteiger partial charge in [-0.1, -0.05) is 325 Å². The lowest BCUT2D eigenvalue weighted by Gasteiger charge is -2.18. The lowest BCUT2D eigenvalue weighted by Crippen LogP contribution is -2.30. The Morgan fingerprint density at radius 3 is 0.859 bits per heavy atom. The lowest BCUT2D eigenvalue weighted by molar-refractivity contribution is -0.166. The first-order valence-electron chi connectivity index (χ1n) is 33.9. The van der Waals surface area contributed by atoms with Gasteiger partial charge in [0.15, 0.2) is 6.10 Å². The van der Waals surface area contributed by atoms with E-state index < -0.39 is 6.10 Å². The average molecular weight is 1090 g/mol. The van der Waals surface area contributed by atoms with Crippen molar-refractivity contribution in [3.05, 3.63) is 72.9 Å². The molecule has 0 N–H and O–H groups in total. The molecular weight excluding hydrogens is 961 g/mol. The molecule has 0 aliphatic carbocycles. The third-order valence-electron chi connectivity index (χ3n) is 15.0. The first kappa shape index (κ1) is 74.8. The molecule has 0 heterocycles. The fraction of sp³-hybridized carbons (Fsp3) is 0.792. The zero-order valence-electron chi connectivity index (χ0n) is 51.9. The SMILES string of the molecule is CC/C=C\C/C=C\C/C=C\C/C=C\CCC(=O)OCC(COC(=O)CCCCCCCCCCCCCCC/C=C\C/C=C\CCCCCCC)OC(=O)CCCCCCCCCCCCCCCCCCCCCCCC. The van der Waals surface area contributed by atoms with E-state index in [1.807, 2.05) is 6.08 Å². The second-order valence-corrected chi connectivity index (χ2v) is 22.7. The molecule has 0 saturated carbocycles. The van der Waals surface area contributed by atoms with Gasteiger partial charge in [-0.2, -0.15) is 0 Å². The molecule has 0 aromatic rings. The maximum Gasteiger partial charge on any atom is 0.306 e. The number of carbonyl (C=O) groups excluding carboxylic acids is 3. The summed E-state index contributed by atoms with van der Waals surface area (Å²) in [5, 5.41) is 0. The van der Waals surface area contributed by atoms with Gasteiger partial charge < -0.3 is 14.2 Å². The third-order valence-corrected chi connectivity index (χ3v) is 15.0. The predicted molar refractivity (Wildman–Crippen MR) is 339 cm³/mol. The molecule has 0 aliphatic rings. The largest absolute Gasteiger partial charge is 0.462 e. The summed E-state index contributed by atoms with van der Waals surface area (Å²) in [6, 6.07) is 0. The van der Waals surface area contributed by atoms with Gasteiger partial charge in [0.1, 0.15) is 13.2 Å². The number of hydrogen-bond donors (Lipinski definition) is 0. The maximum atomic E-state index is 12.9. The Morgan fingerprint density at radius 1 is 0.269 bits per heavy atom. The van der Waals surface area contributed by atoms with Crippen LogP contribution in [-0.4, -0.2) is 37.2 Å². The zero-order chi connectivity index (χ0) is 56.4. The highest BCUT2D eigenvalue weighted by Gasteiger charge is 2.19. The van der Waals surface area contributed by atoms with E-state index in [2.05, 4.69) is 87.6 Å². The molecule has 1 unspecified atom stereocenters. The molecule has 0 saturated heterocycles. The minimum absolute atomic E-state index is 0.0944. The summed E-state index contributed by atoms with van der Waals surface area (Å²) < 4.78 is 16.9. The van der Waals surface area contributed by atoms with Crippen LogP contribution in [0.15, 0.2) is 72.9 Å². The smallest absolute Gasteiger partial charge is 0.306 e. The summed E-state index contributed by atoms with van der Waals surface area (Å²) in [4.78, 5) is 38.3. The van der Waals surface area contributed by atoms with Gasteiger partial charge in [0, 0.05) is 19.3 Å². The minimum atomic E-state index is -0.804. The number of rotatable bonds is 62. The van der Waals surface area contributed by atoms with E-state index in [-0.39, 0.29) is 37.5 Å². The Morgan fingerprint density at radius 2 is 0.526 bits per heavy atom. The highest BCUT2D eigenvalue weighted by Crippen LogP contribution is 2.18. The molecular formula is C72H128O6. The molecule has 0 fully saturated rings. The van der Waals surface area contributed by atoms with Gasteiger partial charge in [0.25, 0.3) is 0 Å². The number of esters is 3. The van der Waals surface area contributed by atoms with Crippen molar-refractivity contribution in [1.82, 2.24) is 0 Å². The summed E-state index contributed by atoms with van der Waals surface area (Å²) in [6.45, 7) is 6.50. The zero-order valence-corrected chi connectivity index (χ0v) is 51.9.